The summed E-state index contributed by atoms with van der Waals surface area (Å²) < 4.78 is 1.49. The molecular formula is C19H11Cl2N3O3S. The summed E-state index contributed by atoms with van der Waals surface area (Å²) in [7, 11) is 0. The van der Waals surface area contributed by atoms with Gasteiger partial charge in [-0.15, -0.1) is 11.3 Å². The van der Waals surface area contributed by atoms with Crippen LogP contribution in [0.5, 0.6) is 0 Å². The van der Waals surface area contributed by atoms with E-state index in [1.165, 1.54) is 34.4 Å². The second-order valence-electron chi connectivity index (χ2n) is 6.05. The van der Waals surface area contributed by atoms with Gasteiger partial charge < -0.3 is 0 Å². The van der Waals surface area contributed by atoms with Crippen LogP contribution in [0.25, 0.3) is 21.3 Å². The fourth-order valence-electron chi connectivity index (χ4n) is 2.89. The van der Waals surface area contributed by atoms with Crippen molar-refractivity contribution < 1.29 is 4.92 Å². The normalized spacial score (nSPS) is 11.1. The van der Waals surface area contributed by atoms with E-state index in [0.29, 0.717) is 25.8 Å². The van der Waals surface area contributed by atoms with Crippen LogP contribution in [0.2, 0.25) is 10.0 Å². The number of thiophene rings is 1. The summed E-state index contributed by atoms with van der Waals surface area (Å²) in [6.07, 6.45) is 1.49. The zero-order valence-electron chi connectivity index (χ0n) is 14.1. The second kappa shape index (κ2) is 7.35. The van der Waals surface area contributed by atoms with Gasteiger partial charge in [0.05, 0.1) is 23.2 Å². The third kappa shape index (κ3) is 3.40. The van der Waals surface area contributed by atoms with Crippen LogP contribution < -0.4 is 5.56 Å². The van der Waals surface area contributed by atoms with Crippen LogP contribution in [0.1, 0.15) is 5.56 Å². The number of benzene rings is 2. The highest BCUT2D eigenvalue weighted by molar-refractivity contribution is 7.17. The summed E-state index contributed by atoms with van der Waals surface area (Å²) in [6, 6.07) is 11.2. The van der Waals surface area contributed by atoms with Crippen molar-refractivity contribution in [2.75, 3.05) is 0 Å². The minimum Gasteiger partial charge on any atom is -0.294 e. The molecule has 0 saturated heterocycles. The zero-order valence-corrected chi connectivity index (χ0v) is 16.5. The van der Waals surface area contributed by atoms with Gasteiger partial charge in [-0.3, -0.25) is 19.5 Å². The second-order valence-corrected chi connectivity index (χ2v) is 7.75. The molecule has 0 amide bonds. The van der Waals surface area contributed by atoms with Gasteiger partial charge in [0.25, 0.3) is 11.2 Å². The number of hydrogen-bond acceptors (Lipinski definition) is 5. The fraction of sp³-hybridized carbons (Fsp3) is 0.0526. The van der Waals surface area contributed by atoms with Gasteiger partial charge in [-0.1, -0.05) is 29.3 Å². The van der Waals surface area contributed by atoms with E-state index in [2.05, 4.69) is 4.98 Å². The van der Waals surface area contributed by atoms with E-state index in [9.17, 15) is 14.9 Å². The Bertz CT molecular complexity index is 1270. The van der Waals surface area contributed by atoms with E-state index < -0.39 is 4.92 Å². The summed E-state index contributed by atoms with van der Waals surface area (Å²) in [5.74, 6) is 0. The molecule has 0 unspecified atom stereocenters. The fourth-order valence-corrected chi connectivity index (χ4v) is 4.26. The number of non-ortho nitro benzene ring substituents is 1. The van der Waals surface area contributed by atoms with Crippen molar-refractivity contribution in [3.05, 3.63) is 90.2 Å². The molecule has 9 heteroatoms. The lowest BCUT2D eigenvalue weighted by atomic mass is 10.1. The molecule has 0 atom stereocenters. The van der Waals surface area contributed by atoms with E-state index in [1.807, 2.05) is 5.38 Å². The molecule has 2 aromatic carbocycles. The molecule has 0 radical (unpaired) electrons. The van der Waals surface area contributed by atoms with Crippen molar-refractivity contribution in [3.63, 3.8) is 0 Å². The van der Waals surface area contributed by atoms with Crippen LogP contribution in [-0.4, -0.2) is 14.5 Å². The number of nitro groups is 1. The van der Waals surface area contributed by atoms with E-state index in [4.69, 9.17) is 23.2 Å². The maximum absolute atomic E-state index is 13.1. The van der Waals surface area contributed by atoms with E-state index >= 15 is 0 Å². The molecule has 28 heavy (non-hydrogen) atoms. The lowest BCUT2D eigenvalue weighted by molar-refractivity contribution is -0.384. The molecule has 140 valence electrons. The molecule has 2 aromatic heterocycles. The van der Waals surface area contributed by atoms with Crippen molar-refractivity contribution >= 4 is 50.4 Å². The van der Waals surface area contributed by atoms with Gasteiger partial charge >= 0.3 is 0 Å². The minimum absolute atomic E-state index is 0.00352. The summed E-state index contributed by atoms with van der Waals surface area (Å²) in [5.41, 5.74) is 1.96. The average molecular weight is 432 g/mol. The molecule has 2 heterocycles. The Kier molecular flexibility index (Phi) is 4.89. The molecule has 4 aromatic rings. The first kappa shape index (κ1) is 18.6. The highest BCUT2D eigenvalue weighted by atomic mass is 35.5. The number of nitrogens with zero attached hydrogens (tertiary/aromatic N) is 3. The van der Waals surface area contributed by atoms with Crippen LogP contribution in [0, 0.1) is 10.1 Å². The first-order valence-electron chi connectivity index (χ1n) is 8.09. The zero-order chi connectivity index (χ0) is 19.8. The van der Waals surface area contributed by atoms with Crippen molar-refractivity contribution in [2.24, 2.45) is 0 Å². The highest BCUT2D eigenvalue weighted by Gasteiger charge is 2.15. The first-order chi connectivity index (χ1) is 13.4. The molecule has 0 spiro atoms. The maximum atomic E-state index is 13.1. The molecule has 0 aliphatic rings. The maximum Gasteiger partial charge on any atom is 0.269 e. The molecule has 0 bridgehead atoms. The third-order valence-corrected chi connectivity index (χ3v) is 5.78. The van der Waals surface area contributed by atoms with Crippen LogP contribution in [0.4, 0.5) is 5.69 Å². The molecule has 6 nitrogen and oxygen atoms in total. The molecular weight excluding hydrogens is 421 g/mol. The first-order valence-corrected chi connectivity index (χ1v) is 9.73. The van der Waals surface area contributed by atoms with Gasteiger partial charge in [0.2, 0.25) is 0 Å². The highest BCUT2D eigenvalue weighted by Crippen LogP contribution is 2.31. The van der Waals surface area contributed by atoms with Crippen LogP contribution >= 0.6 is 34.5 Å². The smallest absolute Gasteiger partial charge is 0.269 e. The lowest BCUT2D eigenvalue weighted by Crippen LogP contribution is -2.21. The Morgan fingerprint density at radius 2 is 1.89 bits per heavy atom. The van der Waals surface area contributed by atoms with E-state index in [1.54, 1.807) is 30.3 Å². The van der Waals surface area contributed by atoms with Gasteiger partial charge in [0.1, 0.15) is 4.83 Å². The molecule has 0 saturated carbocycles. The van der Waals surface area contributed by atoms with Crippen molar-refractivity contribution in [2.45, 2.75) is 6.54 Å². The SMILES string of the molecule is O=c1c2c(-c3ccc([N+](=O)[O-])cc3)csc2ncn1Cc1ccc(Cl)cc1Cl. The predicted molar refractivity (Wildman–Crippen MR) is 112 cm³/mol. The summed E-state index contributed by atoms with van der Waals surface area (Å²) in [4.78, 5) is 28.5. The molecule has 4 rings (SSSR count). The average Bonchev–Trinajstić information content (AvgIpc) is 3.11. The predicted octanol–water partition coefficient (Wildman–Crippen LogP) is 5.39. The monoisotopic (exact) mass is 431 g/mol. The topological polar surface area (TPSA) is 78.0 Å². The number of halogens is 2. The summed E-state index contributed by atoms with van der Waals surface area (Å²) in [6.45, 7) is 0.257. The lowest BCUT2D eigenvalue weighted by Gasteiger charge is -2.08. The standard InChI is InChI=1S/C19H11Cl2N3O3S/c20-13-4-1-12(16(21)7-13)8-23-10-22-18-17(19(23)25)15(9-28-18)11-2-5-14(6-3-11)24(26)27/h1-7,9-10H,8H2. The van der Waals surface area contributed by atoms with Gasteiger partial charge in [0, 0.05) is 33.1 Å². The van der Waals surface area contributed by atoms with Crippen LogP contribution in [0.15, 0.2) is 59.0 Å². The minimum atomic E-state index is -0.458. The van der Waals surface area contributed by atoms with E-state index in [-0.39, 0.29) is 17.8 Å². The van der Waals surface area contributed by atoms with Crippen molar-refractivity contribution in [1.29, 1.82) is 0 Å². The van der Waals surface area contributed by atoms with Crippen molar-refractivity contribution in [1.82, 2.24) is 9.55 Å². The van der Waals surface area contributed by atoms with Gasteiger partial charge in [-0.25, -0.2) is 4.98 Å². The summed E-state index contributed by atoms with van der Waals surface area (Å²) >= 11 is 13.5. The molecule has 0 aliphatic carbocycles. The van der Waals surface area contributed by atoms with E-state index in [0.717, 1.165) is 11.1 Å². The number of nitro benzene ring substituents is 1. The number of fused-ring (bicyclic) bond motifs is 1. The Labute approximate surface area is 172 Å². The van der Waals surface area contributed by atoms with Crippen molar-refractivity contribution in [3.8, 4) is 11.1 Å². The van der Waals surface area contributed by atoms with Crippen LogP contribution in [0.3, 0.4) is 0 Å². The Morgan fingerprint density at radius 3 is 2.57 bits per heavy atom. The molecule has 0 N–H and O–H groups in total. The Hall–Kier alpha value is -2.74. The number of rotatable bonds is 4. The third-order valence-electron chi connectivity index (χ3n) is 4.31. The Balaban J connectivity index is 1.79. The molecule has 0 fully saturated rings. The quantitative estimate of drug-likeness (QED) is 0.320. The summed E-state index contributed by atoms with van der Waals surface area (Å²) in [5, 5.41) is 14.2. The number of aromatic nitrogens is 2. The van der Waals surface area contributed by atoms with Gasteiger partial charge in [-0.05, 0) is 35.4 Å². The Morgan fingerprint density at radius 1 is 1.14 bits per heavy atom. The molecule has 0 aliphatic heterocycles. The van der Waals surface area contributed by atoms with Gasteiger partial charge in [0.15, 0.2) is 0 Å². The van der Waals surface area contributed by atoms with Gasteiger partial charge in [-0.2, -0.15) is 0 Å². The van der Waals surface area contributed by atoms with Crippen LogP contribution in [-0.2, 0) is 6.54 Å². The number of hydrogen-bond donors (Lipinski definition) is 0. The largest absolute Gasteiger partial charge is 0.294 e.